The van der Waals surface area contributed by atoms with Crippen LogP contribution in [0.3, 0.4) is 0 Å². The number of aliphatic hydroxyl groups is 1. The van der Waals surface area contributed by atoms with Crippen LogP contribution < -0.4 is 11.1 Å². The van der Waals surface area contributed by atoms with Gasteiger partial charge in [0, 0.05) is 24.7 Å². The molecule has 4 N–H and O–H groups in total. The minimum Gasteiger partial charge on any atom is -0.396 e. The van der Waals surface area contributed by atoms with Gasteiger partial charge < -0.3 is 16.2 Å². The number of nitrogens with one attached hydrogen (secondary N) is 1. The molecule has 0 amide bonds. The second-order valence-corrected chi connectivity index (χ2v) is 3.65. The van der Waals surface area contributed by atoms with Crippen LogP contribution in [0.4, 0.5) is 0 Å². The molecule has 0 rings (SSSR count). The minimum absolute atomic E-state index is 0.0193. The number of rotatable bonds is 5. The van der Waals surface area contributed by atoms with Crippen LogP contribution in [0, 0.1) is 0 Å². The maximum absolute atomic E-state index is 8.63. The van der Waals surface area contributed by atoms with E-state index in [-0.39, 0.29) is 12.1 Å². The molecule has 11 heavy (non-hydrogen) atoms. The van der Waals surface area contributed by atoms with Crippen molar-refractivity contribution in [1.29, 1.82) is 0 Å². The molecule has 68 valence electrons. The molecule has 0 aromatic rings. The van der Waals surface area contributed by atoms with E-state index in [1.54, 1.807) is 0 Å². The van der Waals surface area contributed by atoms with Crippen LogP contribution in [-0.2, 0) is 0 Å². The van der Waals surface area contributed by atoms with Gasteiger partial charge in [-0.3, -0.25) is 0 Å². The van der Waals surface area contributed by atoms with E-state index >= 15 is 0 Å². The quantitative estimate of drug-likeness (QED) is 0.534. The van der Waals surface area contributed by atoms with Gasteiger partial charge in [0.05, 0.1) is 0 Å². The summed E-state index contributed by atoms with van der Waals surface area (Å²) in [5, 5.41) is 12.0. The lowest BCUT2D eigenvalue weighted by atomic mass is 10.0. The SMILES string of the molecule is CC(CCO)NC(C)(C)CN. The fourth-order valence-corrected chi connectivity index (χ4v) is 0.992. The van der Waals surface area contributed by atoms with E-state index in [9.17, 15) is 0 Å². The third kappa shape index (κ3) is 5.18. The predicted molar refractivity (Wildman–Crippen MR) is 47.4 cm³/mol. The second kappa shape index (κ2) is 4.70. The molecule has 0 aliphatic rings. The van der Waals surface area contributed by atoms with E-state index in [2.05, 4.69) is 19.2 Å². The largest absolute Gasteiger partial charge is 0.396 e. The lowest BCUT2D eigenvalue weighted by Crippen LogP contribution is -2.50. The van der Waals surface area contributed by atoms with Crippen molar-refractivity contribution in [2.75, 3.05) is 13.2 Å². The molecular weight excluding hydrogens is 140 g/mol. The standard InChI is InChI=1S/C8H20N2O/c1-7(4-5-11)10-8(2,3)6-9/h7,10-11H,4-6,9H2,1-3H3. The first kappa shape index (κ1) is 10.9. The van der Waals surface area contributed by atoms with Gasteiger partial charge in [0.15, 0.2) is 0 Å². The highest BCUT2D eigenvalue weighted by atomic mass is 16.3. The van der Waals surface area contributed by atoms with Crippen LogP contribution in [0.5, 0.6) is 0 Å². The summed E-state index contributed by atoms with van der Waals surface area (Å²) in [6.07, 6.45) is 0.781. The summed E-state index contributed by atoms with van der Waals surface area (Å²) in [5.41, 5.74) is 5.51. The first-order chi connectivity index (χ1) is 5.02. The number of nitrogens with two attached hydrogens (primary N) is 1. The maximum Gasteiger partial charge on any atom is 0.0445 e. The van der Waals surface area contributed by atoms with Crippen molar-refractivity contribution in [3.8, 4) is 0 Å². The molecule has 0 heterocycles. The Balaban J connectivity index is 3.64. The van der Waals surface area contributed by atoms with Gasteiger partial charge in [-0.1, -0.05) is 0 Å². The molecule has 0 fully saturated rings. The molecule has 0 aromatic carbocycles. The van der Waals surface area contributed by atoms with Crippen molar-refractivity contribution in [1.82, 2.24) is 5.32 Å². The molecule has 0 aromatic heterocycles. The van der Waals surface area contributed by atoms with Gasteiger partial charge in [-0.15, -0.1) is 0 Å². The monoisotopic (exact) mass is 160 g/mol. The number of aliphatic hydroxyl groups excluding tert-OH is 1. The van der Waals surface area contributed by atoms with E-state index in [0.717, 1.165) is 6.42 Å². The van der Waals surface area contributed by atoms with E-state index < -0.39 is 0 Å². The molecule has 0 saturated heterocycles. The Hall–Kier alpha value is -0.120. The second-order valence-electron chi connectivity index (χ2n) is 3.65. The Bertz CT molecular complexity index is 104. The van der Waals surface area contributed by atoms with Gasteiger partial charge in [0.2, 0.25) is 0 Å². The minimum atomic E-state index is -0.0193. The maximum atomic E-state index is 8.63. The summed E-state index contributed by atoms with van der Waals surface area (Å²) in [6, 6.07) is 0.332. The molecule has 3 heteroatoms. The topological polar surface area (TPSA) is 58.3 Å². The van der Waals surface area contributed by atoms with E-state index in [1.165, 1.54) is 0 Å². The molecule has 0 spiro atoms. The average Bonchev–Trinajstić information content (AvgIpc) is 1.87. The third-order valence-corrected chi connectivity index (χ3v) is 1.71. The molecular formula is C8H20N2O. The van der Waals surface area contributed by atoms with Crippen molar-refractivity contribution in [2.24, 2.45) is 5.73 Å². The molecule has 0 aliphatic heterocycles. The molecule has 0 aliphatic carbocycles. The zero-order valence-electron chi connectivity index (χ0n) is 7.72. The van der Waals surface area contributed by atoms with Crippen molar-refractivity contribution < 1.29 is 5.11 Å². The van der Waals surface area contributed by atoms with Crippen LogP contribution >= 0.6 is 0 Å². The lowest BCUT2D eigenvalue weighted by Gasteiger charge is -2.28. The summed E-state index contributed by atoms with van der Waals surface area (Å²) < 4.78 is 0. The van der Waals surface area contributed by atoms with E-state index in [1.807, 2.05) is 6.92 Å². The van der Waals surface area contributed by atoms with Gasteiger partial charge in [0.1, 0.15) is 0 Å². The summed E-state index contributed by atoms with van der Waals surface area (Å²) in [5.74, 6) is 0. The Kier molecular flexibility index (Phi) is 4.65. The van der Waals surface area contributed by atoms with Crippen LogP contribution in [0.15, 0.2) is 0 Å². The van der Waals surface area contributed by atoms with Crippen LogP contribution in [0.25, 0.3) is 0 Å². The molecule has 1 unspecified atom stereocenters. The normalized spacial score (nSPS) is 15.0. The fourth-order valence-electron chi connectivity index (χ4n) is 0.992. The van der Waals surface area contributed by atoms with Gasteiger partial charge in [-0.2, -0.15) is 0 Å². The highest BCUT2D eigenvalue weighted by Gasteiger charge is 2.16. The summed E-state index contributed by atoms with van der Waals surface area (Å²) in [4.78, 5) is 0. The molecule has 0 radical (unpaired) electrons. The van der Waals surface area contributed by atoms with Gasteiger partial charge in [0.25, 0.3) is 0 Å². The van der Waals surface area contributed by atoms with Crippen LogP contribution in [-0.4, -0.2) is 29.8 Å². The predicted octanol–water partition coefficient (Wildman–Crippen LogP) is 0.0842. The van der Waals surface area contributed by atoms with Crippen molar-refractivity contribution >= 4 is 0 Å². The summed E-state index contributed by atoms with van der Waals surface area (Å²) in [7, 11) is 0. The number of hydrogen-bond acceptors (Lipinski definition) is 3. The summed E-state index contributed by atoms with van der Waals surface area (Å²) >= 11 is 0. The summed E-state index contributed by atoms with van der Waals surface area (Å²) in [6.45, 7) is 7.01. The molecule has 0 bridgehead atoms. The van der Waals surface area contributed by atoms with Gasteiger partial charge in [-0.25, -0.2) is 0 Å². The van der Waals surface area contributed by atoms with E-state index in [0.29, 0.717) is 12.6 Å². The molecule has 3 nitrogen and oxygen atoms in total. The zero-order chi connectivity index (χ0) is 8.91. The van der Waals surface area contributed by atoms with Gasteiger partial charge in [-0.05, 0) is 27.2 Å². The van der Waals surface area contributed by atoms with Gasteiger partial charge >= 0.3 is 0 Å². The Morgan fingerprint density at radius 2 is 2.09 bits per heavy atom. The number of hydrogen-bond donors (Lipinski definition) is 3. The first-order valence-corrected chi connectivity index (χ1v) is 4.10. The van der Waals surface area contributed by atoms with E-state index in [4.69, 9.17) is 10.8 Å². The Morgan fingerprint density at radius 3 is 2.45 bits per heavy atom. The fraction of sp³-hybridized carbons (Fsp3) is 1.00. The average molecular weight is 160 g/mol. The van der Waals surface area contributed by atoms with Crippen molar-refractivity contribution in [2.45, 2.75) is 38.8 Å². The highest BCUT2D eigenvalue weighted by Crippen LogP contribution is 2.02. The molecule has 1 atom stereocenters. The van der Waals surface area contributed by atoms with Crippen molar-refractivity contribution in [3.63, 3.8) is 0 Å². The third-order valence-electron chi connectivity index (χ3n) is 1.71. The molecule has 0 saturated carbocycles. The highest BCUT2D eigenvalue weighted by molar-refractivity contribution is 4.81. The lowest BCUT2D eigenvalue weighted by molar-refractivity contribution is 0.249. The van der Waals surface area contributed by atoms with Crippen LogP contribution in [0.2, 0.25) is 0 Å². The Labute approximate surface area is 69.0 Å². The smallest absolute Gasteiger partial charge is 0.0445 e. The first-order valence-electron chi connectivity index (χ1n) is 4.10. The zero-order valence-corrected chi connectivity index (χ0v) is 7.72. The van der Waals surface area contributed by atoms with Crippen molar-refractivity contribution in [3.05, 3.63) is 0 Å². The van der Waals surface area contributed by atoms with Crippen LogP contribution in [0.1, 0.15) is 27.2 Å². The Morgan fingerprint density at radius 1 is 1.55 bits per heavy atom.